The van der Waals surface area contributed by atoms with E-state index in [0.717, 1.165) is 51.7 Å². The highest BCUT2D eigenvalue weighted by Crippen LogP contribution is 2.78. The summed E-state index contributed by atoms with van der Waals surface area (Å²) >= 11 is 0. The molecule has 5 aliphatic carbocycles. The van der Waals surface area contributed by atoms with Crippen LogP contribution >= 0.6 is 0 Å². The van der Waals surface area contributed by atoms with Gasteiger partial charge in [0.15, 0.2) is 6.29 Å². The number of unbranched alkanes of at least 4 members (excludes halogenated alkanes) is 1. The first-order valence-electron chi connectivity index (χ1n) is 14.4. The van der Waals surface area contributed by atoms with Crippen molar-refractivity contribution in [2.45, 2.75) is 104 Å². The molecule has 0 spiro atoms. The fourth-order valence-corrected chi connectivity index (χ4v) is 9.84. The lowest BCUT2D eigenvalue weighted by atomic mass is 9.39. The smallest absolute Gasteiger partial charge is 0.157 e. The molecule has 1 heterocycles. The SMILES string of the molecule is CCCCOC1CCCC2=C[C@H]2C2C3C(CC[C@]2(C)CO1)[C@@]1(C)CC[C@H](O)C[C@@]1(C=O)[C@@H]1C[C@H]31. The highest BCUT2D eigenvalue weighted by molar-refractivity contribution is 5.64. The lowest BCUT2D eigenvalue weighted by molar-refractivity contribution is -0.208. The number of carbonyl (C=O) groups is 1. The number of aldehydes is 1. The monoisotopic (exact) mass is 470 g/mol. The topological polar surface area (TPSA) is 55.8 Å². The van der Waals surface area contributed by atoms with E-state index in [1.54, 1.807) is 5.57 Å². The van der Waals surface area contributed by atoms with Crippen LogP contribution < -0.4 is 0 Å². The quantitative estimate of drug-likeness (QED) is 0.308. The number of hydrogen-bond donors (Lipinski definition) is 1. The van der Waals surface area contributed by atoms with Crippen LogP contribution in [0, 0.1) is 51.8 Å². The van der Waals surface area contributed by atoms with E-state index in [0.29, 0.717) is 41.9 Å². The van der Waals surface area contributed by atoms with Gasteiger partial charge >= 0.3 is 0 Å². The second kappa shape index (κ2) is 8.42. The van der Waals surface area contributed by atoms with E-state index in [-0.39, 0.29) is 28.6 Å². The Balaban J connectivity index is 1.29. The zero-order valence-electron chi connectivity index (χ0n) is 21.6. The first kappa shape index (κ1) is 23.7. The Labute approximate surface area is 206 Å². The Morgan fingerprint density at radius 3 is 2.85 bits per heavy atom. The van der Waals surface area contributed by atoms with Crippen LogP contribution in [-0.2, 0) is 14.3 Å². The molecule has 0 aromatic rings. The molecule has 0 aromatic heterocycles. The van der Waals surface area contributed by atoms with Gasteiger partial charge in [-0.2, -0.15) is 0 Å². The Hall–Kier alpha value is -0.710. The van der Waals surface area contributed by atoms with Crippen molar-refractivity contribution < 1.29 is 19.4 Å². The minimum atomic E-state index is -0.298. The third-order valence-corrected chi connectivity index (χ3v) is 11.8. The van der Waals surface area contributed by atoms with Gasteiger partial charge in [-0.05, 0) is 105 Å². The number of aliphatic hydroxyl groups is 1. The van der Waals surface area contributed by atoms with Gasteiger partial charge in [-0.1, -0.05) is 38.8 Å². The summed E-state index contributed by atoms with van der Waals surface area (Å²) in [7, 11) is 0. The van der Waals surface area contributed by atoms with Crippen LogP contribution in [0.3, 0.4) is 0 Å². The molecule has 4 unspecified atom stereocenters. The number of aliphatic hydroxyl groups excluding tert-OH is 1. The molecule has 4 saturated carbocycles. The second-order valence-electron chi connectivity index (χ2n) is 13.5. The molecule has 4 heteroatoms. The van der Waals surface area contributed by atoms with Gasteiger partial charge in [-0.25, -0.2) is 0 Å². The first-order valence-corrected chi connectivity index (χ1v) is 14.4. The third kappa shape index (κ3) is 3.44. The fourth-order valence-electron chi connectivity index (χ4n) is 9.84. The highest BCUT2D eigenvalue weighted by atomic mass is 16.7. The first-order chi connectivity index (χ1) is 16.4. The van der Waals surface area contributed by atoms with E-state index in [1.807, 2.05) is 0 Å². The van der Waals surface area contributed by atoms with Crippen LogP contribution in [0.1, 0.15) is 91.4 Å². The van der Waals surface area contributed by atoms with Crippen LogP contribution in [0.5, 0.6) is 0 Å². The highest BCUT2D eigenvalue weighted by Gasteiger charge is 2.74. The fraction of sp³-hybridized carbons (Fsp3) is 0.900. The second-order valence-corrected chi connectivity index (χ2v) is 13.5. The predicted octanol–water partition coefficient (Wildman–Crippen LogP) is 5.92. The van der Waals surface area contributed by atoms with E-state index < -0.39 is 0 Å². The number of hydrogen-bond acceptors (Lipinski definition) is 4. The molecule has 190 valence electrons. The maximum Gasteiger partial charge on any atom is 0.157 e. The van der Waals surface area contributed by atoms with Gasteiger partial charge in [0.1, 0.15) is 6.29 Å². The van der Waals surface area contributed by atoms with E-state index in [4.69, 9.17) is 9.47 Å². The minimum Gasteiger partial charge on any atom is -0.393 e. The molecule has 11 atom stereocenters. The Morgan fingerprint density at radius 2 is 2.06 bits per heavy atom. The van der Waals surface area contributed by atoms with Crippen molar-refractivity contribution in [1.29, 1.82) is 0 Å². The summed E-state index contributed by atoms with van der Waals surface area (Å²) in [6.45, 7) is 8.77. The van der Waals surface area contributed by atoms with Crippen molar-refractivity contribution in [3.8, 4) is 0 Å². The summed E-state index contributed by atoms with van der Waals surface area (Å²) in [5.74, 6) is 3.73. The van der Waals surface area contributed by atoms with Crippen LogP contribution in [-0.4, -0.2) is 37.0 Å². The standard InChI is InChI=1S/C30H46O4/c1-4-5-13-33-25-8-6-7-19-14-21(19)27-26-22-15-24(22)30(17-31)16-20(32)9-12-29(30,3)23(26)10-11-28(27,2)18-34-25/h14,17,20-27,32H,4-13,15-16,18H2,1-3H3/t20-,21+,22-,23?,24+,25?,26?,27?,28+,29+,30+/m0/s1. The van der Waals surface area contributed by atoms with Crippen molar-refractivity contribution in [2.24, 2.45) is 51.8 Å². The van der Waals surface area contributed by atoms with Crippen LogP contribution in [0.4, 0.5) is 0 Å². The largest absolute Gasteiger partial charge is 0.393 e. The number of ether oxygens (including phenoxy) is 2. The lowest BCUT2D eigenvalue weighted by Gasteiger charge is -2.64. The molecule has 4 nitrogen and oxygen atoms in total. The normalized spacial score (nSPS) is 53.7. The van der Waals surface area contributed by atoms with E-state index in [1.165, 1.54) is 32.0 Å². The van der Waals surface area contributed by atoms with Gasteiger partial charge in [-0.3, -0.25) is 0 Å². The molecule has 6 rings (SSSR count). The number of rotatable bonds is 5. The zero-order valence-corrected chi connectivity index (χ0v) is 21.6. The van der Waals surface area contributed by atoms with E-state index in [2.05, 4.69) is 26.8 Å². The van der Waals surface area contributed by atoms with Gasteiger partial charge in [0.2, 0.25) is 0 Å². The minimum absolute atomic E-state index is 0.0364. The van der Waals surface area contributed by atoms with Gasteiger partial charge in [-0.15, -0.1) is 0 Å². The molecule has 0 radical (unpaired) electrons. The molecule has 5 fully saturated rings. The van der Waals surface area contributed by atoms with E-state index >= 15 is 0 Å². The summed E-state index contributed by atoms with van der Waals surface area (Å²) in [6, 6.07) is 0. The zero-order chi connectivity index (χ0) is 23.7. The van der Waals surface area contributed by atoms with Crippen molar-refractivity contribution in [3.05, 3.63) is 11.6 Å². The average Bonchev–Trinajstić information content (AvgIpc) is 3.73. The van der Waals surface area contributed by atoms with E-state index in [9.17, 15) is 9.90 Å². The summed E-state index contributed by atoms with van der Waals surface area (Å²) in [6.07, 6.45) is 15.3. The average molecular weight is 471 g/mol. The molecular weight excluding hydrogens is 424 g/mol. The van der Waals surface area contributed by atoms with Crippen molar-refractivity contribution in [2.75, 3.05) is 13.2 Å². The molecule has 0 aromatic carbocycles. The van der Waals surface area contributed by atoms with Gasteiger partial charge in [0, 0.05) is 17.9 Å². The number of fused-ring (bicyclic) bond motifs is 10. The van der Waals surface area contributed by atoms with Crippen LogP contribution in [0.2, 0.25) is 0 Å². The van der Waals surface area contributed by atoms with Gasteiger partial charge in [0.25, 0.3) is 0 Å². The molecule has 1 aliphatic heterocycles. The summed E-state index contributed by atoms with van der Waals surface area (Å²) in [5.41, 5.74) is 1.61. The maximum atomic E-state index is 12.8. The molecule has 0 amide bonds. The number of carbonyl (C=O) groups excluding carboxylic acids is 1. The van der Waals surface area contributed by atoms with Crippen molar-refractivity contribution >= 4 is 6.29 Å². The summed E-state index contributed by atoms with van der Waals surface area (Å²) in [4.78, 5) is 12.8. The van der Waals surface area contributed by atoms with Crippen LogP contribution in [0.15, 0.2) is 11.6 Å². The third-order valence-electron chi connectivity index (χ3n) is 11.8. The Morgan fingerprint density at radius 1 is 1.21 bits per heavy atom. The molecule has 0 bridgehead atoms. The molecule has 1 saturated heterocycles. The van der Waals surface area contributed by atoms with Crippen molar-refractivity contribution in [3.63, 3.8) is 0 Å². The lowest BCUT2D eigenvalue weighted by Crippen LogP contribution is -2.62. The predicted molar refractivity (Wildman–Crippen MR) is 132 cm³/mol. The molecule has 6 aliphatic rings. The number of allylic oxidation sites excluding steroid dienone is 2. The van der Waals surface area contributed by atoms with Crippen LogP contribution in [0.25, 0.3) is 0 Å². The van der Waals surface area contributed by atoms with Gasteiger partial charge < -0.3 is 19.4 Å². The summed E-state index contributed by atoms with van der Waals surface area (Å²) in [5, 5.41) is 10.6. The molecule has 34 heavy (non-hydrogen) atoms. The Kier molecular flexibility index (Phi) is 5.86. The summed E-state index contributed by atoms with van der Waals surface area (Å²) < 4.78 is 12.8. The van der Waals surface area contributed by atoms with Gasteiger partial charge in [0.05, 0.1) is 12.7 Å². The van der Waals surface area contributed by atoms with Crippen molar-refractivity contribution in [1.82, 2.24) is 0 Å². The Bertz CT molecular complexity index is 838. The molecular formula is C30H46O4. The molecule has 1 N–H and O–H groups in total. The maximum absolute atomic E-state index is 12.8.